The van der Waals surface area contributed by atoms with E-state index in [-0.39, 0.29) is 18.5 Å². The Morgan fingerprint density at radius 1 is 0.337 bits per heavy atom. The quantitative estimate of drug-likeness (QED) is 0.0320. The van der Waals surface area contributed by atoms with Gasteiger partial charge in [-0.15, -0.1) is 0 Å². The minimum atomic E-state index is -0.661. The highest BCUT2D eigenvalue weighted by molar-refractivity contribution is 5.76. The van der Waals surface area contributed by atoms with Gasteiger partial charge < -0.3 is 20.3 Å². The number of allylic oxidation sites excluding steroid dienone is 6. The summed E-state index contributed by atoms with van der Waals surface area (Å²) in [6.45, 7) is 4.94. The minimum Gasteiger partial charge on any atom is -0.466 e. The summed E-state index contributed by atoms with van der Waals surface area (Å²) in [6.07, 6.45) is 93.7. The number of unbranched alkanes of at least 4 members (excludes halogenated alkanes) is 54. The zero-order valence-corrected chi connectivity index (χ0v) is 56.2. The second kappa shape index (κ2) is 72.6. The van der Waals surface area contributed by atoms with E-state index >= 15 is 0 Å². The first-order chi connectivity index (χ1) is 41.0. The number of aliphatic hydroxyl groups is 2. The first kappa shape index (κ1) is 81.1. The zero-order valence-electron chi connectivity index (χ0n) is 56.2. The van der Waals surface area contributed by atoms with Crippen molar-refractivity contribution in [2.45, 2.75) is 431 Å². The van der Waals surface area contributed by atoms with E-state index in [9.17, 15) is 19.8 Å². The van der Waals surface area contributed by atoms with Crippen molar-refractivity contribution >= 4 is 11.9 Å². The third kappa shape index (κ3) is 69.1. The summed E-state index contributed by atoms with van der Waals surface area (Å²) in [6, 6.07) is -0.538. The van der Waals surface area contributed by atoms with Crippen molar-refractivity contribution < 1.29 is 24.5 Å². The fraction of sp³-hybridized carbons (Fsp3) is 0.896. The summed E-state index contributed by atoms with van der Waals surface area (Å²) in [7, 11) is 0. The molecule has 0 aliphatic heterocycles. The molecule has 0 saturated carbocycles. The molecule has 0 aliphatic carbocycles. The molecule has 3 N–H and O–H groups in total. The van der Waals surface area contributed by atoms with E-state index in [1.165, 1.54) is 334 Å². The SMILES string of the molecule is CCCC/C=C\C/C=C\CCCCCCCC(=O)OCCCCCCCCCCCCCCCCCC/C=C\CCCCCCCCCCCCCCCCCCCC(=O)NC(CO)C(O)CCCCCCCCCCCCCCCCC. The number of hydrogen-bond acceptors (Lipinski definition) is 5. The second-order valence-electron chi connectivity index (χ2n) is 26.0. The number of amides is 1. The van der Waals surface area contributed by atoms with Crippen LogP contribution in [0.3, 0.4) is 0 Å². The van der Waals surface area contributed by atoms with Crippen LogP contribution in [0.25, 0.3) is 0 Å². The van der Waals surface area contributed by atoms with Gasteiger partial charge in [0.05, 0.1) is 25.4 Å². The lowest BCUT2D eigenvalue weighted by atomic mass is 10.0. The first-order valence-electron chi connectivity index (χ1n) is 37.7. The normalized spacial score (nSPS) is 12.7. The van der Waals surface area contributed by atoms with Crippen LogP contribution in [-0.4, -0.2) is 47.4 Å². The summed E-state index contributed by atoms with van der Waals surface area (Å²) in [5.41, 5.74) is 0. The number of esters is 1. The Bertz CT molecular complexity index is 1340. The van der Waals surface area contributed by atoms with Crippen molar-refractivity contribution in [3.63, 3.8) is 0 Å². The van der Waals surface area contributed by atoms with Gasteiger partial charge in [0.1, 0.15) is 0 Å². The average Bonchev–Trinajstić information content (AvgIpc) is 3.49. The average molecular weight is 1170 g/mol. The molecule has 6 heteroatoms. The summed E-state index contributed by atoms with van der Waals surface area (Å²) < 4.78 is 5.49. The van der Waals surface area contributed by atoms with Crippen molar-refractivity contribution in [2.75, 3.05) is 13.2 Å². The van der Waals surface area contributed by atoms with E-state index < -0.39 is 12.1 Å². The van der Waals surface area contributed by atoms with Crippen LogP contribution in [0.2, 0.25) is 0 Å². The Balaban J connectivity index is 3.33. The van der Waals surface area contributed by atoms with Crippen molar-refractivity contribution in [3.05, 3.63) is 36.5 Å². The lowest BCUT2D eigenvalue weighted by Gasteiger charge is -2.22. The van der Waals surface area contributed by atoms with Crippen LogP contribution in [0, 0.1) is 0 Å². The van der Waals surface area contributed by atoms with Crippen LogP contribution >= 0.6 is 0 Å². The van der Waals surface area contributed by atoms with Gasteiger partial charge >= 0.3 is 5.97 Å². The number of carbonyl (C=O) groups excluding carboxylic acids is 2. The molecule has 0 aromatic carbocycles. The van der Waals surface area contributed by atoms with Gasteiger partial charge in [0, 0.05) is 12.8 Å². The van der Waals surface area contributed by atoms with Crippen LogP contribution in [-0.2, 0) is 14.3 Å². The van der Waals surface area contributed by atoms with Crippen LogP contribution in [0.5, 0.6) is 0 Å². The molecule has 6 nitrogen and oxygen atoms in total. The van der Waals surface area contributed by atoms with E-state index in [0.717, 1.165) is 51.4 Å². The number of nitrogens with one attached hydrogen (secondary N) is 1. The third-order valence-corrected chi connectivity index (χ3v) is 17.7. The van der Waals surface area contributed by atoms with Crippen molar-refractivity contribution in [3.8, 4) is 0 Å². The highest BCUT2D eigenvalue weighted by Gasteiger charge is 2.20. The summed E-state index contributed by atoms with van der Waals surface area (Å²) in [5.74, 6) is -0.0208. The Morgan fingerprint density at radius 3 is 0.964 bits per heavy atom. The van der Waals surface area contributed by atoms with E-state index in [4.69, 9.17) is 4.74 Å². The predicted octanol–water partition coefficient (Wildman–Crippen LogP) is 24.7. The standard InChI is InChI=1S/C77H147NO5/c1-3-5-7-9-11-13-15-17-42-45-49-53-57-61-65-69-75(80)74(73-79)78-76(81)70-66-62-58-54-50-46-43-40-38-36-34-32-30-28-26-24-22-20-19-21-23-25-27-29-31-33-35-37-39-41-44-48-52-56-60-64-68-72-83-77(82)71-67-63-59-55-51-47-18-16-14-12-10-8-6-4-2/h10,12,16,18-19,21,74-75,79-80H,3-9,11,13-15,17,20,22-73H2,1-2H3,(H,78,81)/b12-10-,18-16-,21-19-. The topological polar surface area (TPSA) is 95.9 Å². The molecule has 0 saturated heterocycles. The van der Waals surface area contributed by atoms with Gasteiger partial charge in [0.2, 0.25) is 5.91 Å². The van der Waals surface area contributed by atoms with Crippen LogP contribution < -0.4 is 5.32 Å². The van der Waals surface area contributed by atoms with Gasteiger partial charge in [0.25, 0.3) is 0 Å². The number of rotatable bonds is 71. The van der Waals surface area contributed by atoms with Gasteiger partial charge in [-0.2, -0.15) is 0 Å². The van der Waals surface area contributed by atoms with E-state index in [1.807, 2.05) is 0 Å². The van der Waals surface area contributed by atoms with E-state index in [0.29, 0.717) is 25.9 Å². The molecule has 0 bridgehead atoms. The molecule has 0 aliphatic rings. The predicted molar refractivity (Wildman–Crippen MR) is 366 cm³/mol. The maximum atomic E-state index is 12.5. The summed E-state index contributed by atoms with van der Waals surface area (Å²) in [5, 5.41) is 23.3. The van der Waals surface area contributed by atoms with Gasteiger partial charge in [-0.1, -0.05) is 365 Å². The largest absolute Gasteiger partial charge is 0.466 e. The van der Waals surface area contributed by atoms with Gasteiger partial charge in [0.15, 0.2) is 0 Å². The summed E-state index contributed by atoms with van der Waals surface area (Å²) in [4.78, 5) is 24.6. The van der Waals surface area contributed by atoms with Crippen molar-refractivity contribution in [1.29, 1.82) is 0 Å². The Hall–Kier alpha value is -1.92. The monoisotopic (exact) mass is 1170 g/mol. The maximum absolute atomic E-state index is 12.5. The summed E-state index contributed by atoms with van der Waals surface area (Å²) >= 11 is 0. The zero-order chi connectivity index (χ0) is 59.9. The molecular formula is C77H147NO5. The molecule has 2 atom stereocenters. The fourth-order valence-corrected chi connectivity index (χ4v) is 11.9. The number of carbonyl (C=O) groups is 2. The molecule has 0 rings (SSSR count). The van der Waals surface area contributed by atoms with Gasteiger partial charge in [-0.25, -0.2) is 0 Å². The highest BCUT2D eigenvalue weighted by Crippen LogP contribution is 2.19. The Kier molecular flexibility index (Phi) is 70.9. The number of hydrogen-bond donors (Lipinski definition) is 3. The third-order valence-electron chi connectivity index (χ3n) is 17.7. The van der Waals surface area contributed by atoms with Crippen molar-refractivity contribution in [2.24, 2.45) is 0 Å². The molecule has 2 unspecified atom stereocenters. The van der Waals surface area contributed by atoms with Gasteiger partial charge in [-0.3, -0.25) is 9.59 Å². The van der Waals surface area contributed by atoms with Crippen LogP contribution in [0.15, 0.2) is 36.5 Å². The lowest BCUT2D eigenvalue weighted by molar-refractivity contribution is -0.143. The number of ether oxygens (including phenoxy) is 1. The smallest absolute Gasteiger partial charge is 0.305 e. The van der Waals surface area contributed by atoms with Crippen LogP contribution in [0.4, 0.5) is 0 Å². The maximum Gasteiger partial charge on any atom is 0.305 e. The molecule has 0 radical (unpaired) electrons. The molecule has 490 valence electrons. The minimum absolute atomic E-state index is 0.00713. The Labute approximate surface area is 519 Å². The van der Waals surface area contributed by atoms with E-state index in [2.05, 4.69) is 55.6 Å². The molecule has 0 fully saturated rings. The molecule has 83 heavy (non-hydrogen) atoms. The molecule has 0 heterocycles. The Morgan fingerprint density at radius 2 is 0.614 bits per heavy atom. The molecular weight excluding hydrogens is 1020 g/mol. The van der Waals surface area contributed by atoms with Crippen LogP contribution in [0.1, 0.15) is 418 Å². The van der Waals surface area contributed by atoms with Crippen molar-refractivity contribution in [1.82, 2.24) is 5.32 Å². The lowest BCUT2D eigenvalue weighted by Crippen LogP contribution is -2.45. The molecule has 0 aromatic heterocycles. The molecule has 0 aromatic rings. The second-order valence-corrected chi connectivity index (χ2v) is 26.0. The fourth-order valence-electron chi connectivity index (χ4n) is 11.9. The first-order valence-corrected chi connectivity index (χ1v) is 37.7. The number of aliphatic hydroxyl groups excluding tert-OH is 2. The van der Waals surface area contributed by atoms with E-state index in [1.54, 1.807) is 0 Å². The highest BCUT2D eigenvalue weighted by atomic mass is 16.5. The molecule has 0 spiro atoms. The molecule has 1 amide bonds. The van der Waals surface area contributed by atoms with Gasteiger partial charge in [-0.05, 0) is 77.0 Å².